The summed E-state index contributed by atoms with van der Waals surface area (Å²) in [4.78, 5) is 42.4. The summed E-state index contributed by atoms with van der Waals surface area (Å²) in [6.45, 7) is 0.843. The largest absolute Gasteiger partial charge is 0.478 e. The molecule has 296 valence electrons. The smallest absolute Gasteiger partial charge is 0.395 e. The van der Waals surface area contributed by atoms with Crippen molar-refractivity contribution in [2.45, 2.75) is 76.4 Å². The molecule has 55 heavy (non-hydrogen) atoms. The van der Waals surface area contributed by atoms with E-state index in [1.807, 2.05) is 0 Å². The van der Waals surface area contributed by atoms with Crippen LogP contribution in [-0.4, -0.2) is 87.6 Å². The lowest BCUT2D eigenvalue weighted by atomic mass is 9.71. The van der Waals surface area contributed by atoms with Gasteiger partial charge in [0.05, 0.1) is 48.4 Å². The van der Waals surface area contributed by atoms with Gasteiger partial charge in [-0.15, -0.1) is 0 Å². The maximum absolute atomic E-state index is 13.8. The third-order valence-electron chi connectivity index (χ3n) is 12.1. The van der Waals surface area contributed by atoms with E-state index >= 15 is 0 Å². The number of nitrogens with zero attached hydrogens (tertiary/aromatic N) is 4. The quantitative estimate of drug-likeness (QED) is 0.203. The molecule has 2 saturated heterocycles. The van der Waals surface area contributed by atoms with Crippen molar-refractivity contribution in [3.8, 4) is 0 Å². The molecule has 2 aromatic carbocycles. The van der Waals surface area contributed by atoms with Crippen molar-refractivity contribution < 1.29 is 55.0 Å². The molecule has 2 aliphatic carbocycles. The van der Waals surface area contributed by atoms with Crippen molar-refractivity contribution in [3.63, 3.8) is 0 Å². The highest BCUT2D eigenvalue weighted by molar-refractivity contribution is 5.94. The van der Waals surface area contributed by atoms with Crippen molar-refractivity contribution in [2.75, 3.05) is 32.8 Å². The van der Waals surface area contributed by atoms with Gasteiger partial charge in [0, 0.05) is 50.1 Å². The minimum Gasteiger partial charge on any atom is -0.478 e. The Balaban J connectivity index is 1.04. The lowest BCUT2D eigenvalue weighted by Gasteiger charge is -2.51. The second-order valence-electron chi connectivity index (χ2n) is 15.8. The fraction of sp³-hybridized carbons (Fsp3) is 0.538. The zero-order valence-corrected chi connectivity index (χ0v) is 29.8. The molecule has 2 aliphatic heterocycles. The number of aromatic carboxylic acids is 1. The van der Waals surface area contributed by atoms with Crippen LogP contribution in [0.3, 0.4) is 0 Å². The predicted molar refractivity (Wildman–Crippen MR) is 182 cm³/mol. The molecule has 3 heterocycles. The standard InChI is InChI=1S/C39H41F7N4O5/c40-30-10-4-24(5-11-30)16-50-17-27(15-47-50)34(52)48-18-29(36(21-48)22-49(23-36)32(51)14-37(12-13-37)39(44,45)46)20-55-19-26-2-1-3-31(33(26)35(53)54)25-6-8-28(9-7-25)38(41,42)43/h1-5,10-11,15,17,25,28-29H,6-9,12-14,16,18-23H2,(H,53,54)/t25?,28?,29-/m0/s1. The van der Waals surface area contributed by atoms with Crippen molar-refractivity contribution in [2.24, 2.45) is 22.7 Å². The van der Waals surface area contributed by atoms with Crippen LogP contribution >= 0.6 is 0 Å². The number of alkyl halides is 6. The zero-order chi connectivity index (χ0) is 39.3. The van der Waals surface area contributed by atoms with E-state index in [-0.39, 0.29) is 107 Å². The summed E-state index contributed by atoms with van der Waals surface area (Å²) in [5, 5.41) is 14.5. The van der Waals surface area contributed by atoms with E-state index in [2.05, 4.69) is 5.10 Å². The van der Waals surface area contributed by atoms with Gasteiger partial charge in [-0.1, -0.05) is 30.3 Å². The predicted octanol–water partition coefficient (Wildman–Crippen LogP) is 7.45. The van der Waals surface area contributed by atoms with Crippen LogP contribution in [0, 0.1) is 28.5 Å². The fourth-order valence-electron chi connectivity index (χ4n) is 8.68. The zero-order valence-electron chi connectivity index (χ0n) is 29.8. The van der Waals surface area contributed by atoms with Crippen molar-refractivity contribution >= 4 is 17.8 Å². The SMILES string of the molecule is O=C(O)c1c(COC[C@@H]2CN(C(=O)c3cnn(Cc4ccc(F)cc4)c3)CC23CN(C(=O)CC2(C(F)(F)F)CC2)C3)cccc1C1CCC(C(F)(F)F)CC1. The number of carbonyl (C=O) groups excluding carboxylic acids is 2. The summed E-state index contributed by atoms with van der Waals surface area (Å²) in [5.41, 5.74) is -0.808. The van der Waals surface area contributed by atoms with Gasteiger partial charge in [0.2, 0.25) is 5.91 Å². The normalized spacial score (nSPS) is 23.1. The van der Waals surface area contributed by atoms with Crippen LogP contribution in [0.1, 0.15) is 88.3 Å². The highest BCUT2D eigenvalue weighted by atomic mass is 19.4. The Morgan fingerprint density at radius 1 is 0.909 bits per heavy atom. The number of rotatable bonds is 11. The number of carbonyl (C=O) groups is 3. The molecule has 1 N–H and O–H groups in total. The van der Waals surface area contributed by atoms with E-state index < -0.39 is 47.4 Å². The van der Waals surface area contributed by atoms with Gasteiger partial charge in [0.15, 0.2) is 0 Å². The van der Waals surface area contributed by atoms with E-state index in [4.69, 9.17) is 4.74 Å². The Morgan fingerprint density at radius 3 is 2.20 bits per heavy atom. The summed E-state index contributed by atoms with van der Waals surface area (Å²) in [7, 11) is 0. The average Bonchev–Trinajstić information content (AvgIpc) is 3.60. The summed E-state index contributed by atoms with van der Waals surface area (Å²) in [6.07, 6.45) is -6.37. The summed E-state index contributed by atoms with van der Waals surface area (Å²) in [6, 6.07) is 10.7. The Bertz CT molecular complexity index is 1910. The highest BCUT2D eigenvalue weighted by Gasteiger charge is 2.65. The number of amides is 2. The van der Waals surface area contributed by atoms with Crippen molar-refractivity contribution in [1.82, 2.24) is 19.6 Å². The van der Waals surface area contributed by atoms with Gasteiger partial charge >= 0.3 is 18.3 Å². The Labute approximate surface area is 312 Å². The molecule has 9 nitrogen and oxygen atoms in total. The van der Waals surface area contributed by atoms with E-state index in [0.29, 0.717) is 23.2 Å². The van der Waals surface area contributed by atoms with E-state index in [9.17, 15) is 50.2 Å². The van der Waals surface area contributed by atoms with Crippen LogP contribution in [0.2, 0.25) is 0 Å². The number of benzene rings is 2. The van der Waals surface area contributed by atoms with Gasteiger partial charge < -0.3 is 19.6 Å². The molecule has 1 atom stereocenters. The van der Waals surface area contributed by atoms with Gasteiger partial charge in [0.1, 0.15) is 5.82 Å². The third kappa shape index (κ3) is 7.96. The molecule has 3 aromatic rings. The average molecular weight is 779 g/mol. The molecular weight excluding hydrogens is 737 g/mol. The van der Waals surface area contributed by atoms with Gasteiger partial charge in [0.25, 0.3) is 5.91 Å². The first-order valence-electron chi connectivity index (χ1n) is 18.4. The van der Waals surface area contributed by atoms with Gasteiger partial charge in [-0.2, -0.15) is 31.4 Å². The summed E-state index contributed by atoms with van der Waals surface area (Å²) in [5.74, 6) is -4.67. The lowest BCUT2D eigenvalue weighted by molar-refractivity contribution is -0.195. The fourth-order valence-corrected chi connectivity index (χ4v) is 8.68. The number of likely N-dealkylation sites (tertiary alicyclic amines) is 2. The van der Waals surface area contributed by atoms with Crippen LogP contribution in [0.25, 0.3) is 0 Å². The van der Waals surface area contributed by atoms with Crippen LogP contribution in [0.15, 0.2) is 54.9 Å². The molecule has 7 rings (SSSR count). The van der Waals surface area contributed by atoms with Crippen LogP contribution in [-0.2, 0) is 22.7 Å². The first kappa shape index (κ1) is 38.8. The second kappa shape index (κ2) is 14.6. The molecule has 0 radical (unpaired) electrons. The lowest BCUT2D eigenvalue weighted by Crippen LogP contribution is -2.63. The monoisotopic (exact) mass is 778 g/mol. The number of carboxylic acid groups (broad SMARTS) is 1. The molecule has 4 aliphatic rings. The van der Waals surface area contributed by atoms with Crippen LogP contribution < -0.4 is 0 Å². The topological polar surface area (TPSA) is 105 Å². The van der Waals surface area contributed by atoms with Crippen molar-refractivity contribution in [1.29, 1.82) is 0 Å². The Morgan fingerprint density at radius 2 is 1.58 bits per heavy atom. The molecule has 1 spiro atoms. The van der Waals surface area contributed by atoms with Crippen LogP contribution in [0.4, 0.5) is 30.7 Å². The number of ether oxygens (including phenoxy) is 1. The van der Waals surface area contributed by atoms with Crippen LogP contribution in [0.5, 0.6) is 0 Å². The molecule has 0 unspecified atom stereocenters. The summed E-state index contributed by atoms with van der Waals surface area (Å²) >= 11 is 0. The minimum absolute atomic E-state index is 0.00682. The van der Waals surface area contributed by atoms with Gasteiger partial charge in [-0.05, 0) is 73.3 Å². The Kier molecular flexibility index (Phi) is 10.3. The molecule has 4 fully saturated rings. The molecular formula is C39H41F7N4O5. The number of hydrogen-bond donors (Lipinski definition) is 1. The number of halogens is 7. The molecule has 0 bridgehead atoms. The van der Waals surface area contributed by atoms with Crippen molar-refractivity contribution in [3.05, 3.63) is 88.5 Å². The first-order valence-corrected chi connectivity index (χ1v) is 18.4. The number of hydrogen-bond acceptors (Lipinski definition) is 5. The number of carboxylic acids is 1. The molecule has 16 heteroatoms. The Hall–Kier alpha value is -4.47. The maximum Gasteiger partial charge on any atom is 0.395 e. The number of aromatic nitrogens is 2. The first-order chi connectivity index (χ1) is 26.0. The van der Waals surface area contributed by atoms with Gasteiger partial charge in [-0.3, -0.25) is 14.3 Å². The minimum atomic E-state index is -4.48. The van der Waals surface area contributed by atoms with E-state index in [0.717, 1.165) is 5.56 Å². The van der Waals surface area contributed by atoms with Gasteiger partial charge in [-0.25, -0.2) is 9.18 Å². The van der Waals surface area contributed by atoms with E-state index in [1.165, 1.54) is 23.2 Å². The van der Waals surface area contributed by atoms with E-state index in [1.54, 1.807) is 46.1 Å². The highest BCUT2D eigenvalue weighted by Crippen LogP contribution is 2.60. The molecule has 1 aromatic heterocycles. The second-order valence-corrected chi connectivity index (χ2v) is 15.8. The third-order valence-corrected chi connectivity index (χ3v) is 12.1. The summed E-state index contributed by atoms with van der Waals surface area (Å²) < 4.78 is 102. The maximum atomic E-state index is 13.8. The molecule has 2 amide bonds. The molecule has 2 saturated carbocycles.